The summed E-state index contributed by atoms with van der Waals surface area (Å²) in [6.07, 6.45) is 1.27. The minimum absolute atomic E-state index is 0.883. The maximum absolute atomic E-state index is 4.31. The first-order valence-electron chi connectivity index (χ1n) is 3.34. The molecular weight excluding hydrogens is 164 g/mol. The maximum atomic E-state index is 4.31. The lowest BCUT2D eigenvalue weighted by molar-refractivity contribution is 1.07. The van der Waals surface area contributed by atoms with Gasteiger partial charge in [-0.2, -0.15) is 25.3 Å². The van der Waals surface area contributed by atoms with Gasteiger partial charge >= 0.3 is 0 Å². The molecule has 0 N–H and O–H groups in total. The summed E-state index contributed by atoms with van der Waals surface area (Å²) in [5, 5.41) is 1.11. The fourth-order valence-electron chi connectivity index (χ4n) is 0.637. The molecule has 0 spiro atoms. The van der Waals surface area contributed by atoms with Crippen molar-refractivity contribution >= 4 is 33.3 Å². The molecule has 0 heterocycles. The first-order valence-corrected chi connectivity index (χ1v) is 8.02. The molecule has 0 unspecified atom stereocenters. The second-order valence-electron chi connectivity index (χ2n) is 3.15. The van der Waals surface area contributed by atoms with Gasteiger partial charge < -0.3 is 0 Å². The van der Waals surface area contributed by atoms with Crippen LogP contribution in [0.3, 0.4) is 0 Å². The standard InChI is InChI=1S/C6H16S2Si/c1-9(2,6-8)5-3-4-7/h7-8H,3-6H2,1-2H3. The van der Waals surface area contributed by atoms with Crippen LogP contribution in [0.25, 0.3) is 0 Å². The third-order valence-electron chi connectivity index (χ3n) is 1.44. The highest BCUT2D eigenvalue weighted by Crippen LogP contribution is 2.13. The Balaban J connectivity index is 3.33. The van der Waals surface area contributed by atoms with Crippen LogP contribution < -0.4 is 0 Å². The smallest absolute Gasteiger partial charge is 0.0575 e. The van der Waals surface area contributed by atoms with E-state index in [2.05, 4.69) is 38.4 Å². The van der Waals surface area contributed by atoms with E-state index in [9.17, 15) is 0 Å². The Kier molecular flexibility index (Phi) is 5.17. The molecule has 9 heavy (non-hydrogen) atoms. The van der Waals surface area contributed by atoms with Gasteiger partial charge in [0.05, 0.1) is 8.07 Å². The predicted molar refractivity (Wildman–Crippen MR) is 54.6 cm³/mol. The van der Waals surface area contributed by atoms with E-state index in [0.717, 1.165) is 11.1 Å². The number of rotatable bonds is 4. The first kappa shape index (κ1) is 9.92. The molecular formula is C6H16S2Si. The molecule has 56 valence electrons. The van der Waals surface area contributed by atoms with Crippen LogP contribution in [0.15, 0.2) is 0 Å². The normalized spacial score (nSPS) is 12.0. The molecule has 0 bridgehead atoms. The van der Waals surface area contributed by atoms with Crippen molar-refractivity contribution in [3.63, 3.8) is 0 Å². The highest BCUT2D eigenvalue weighted by Gasteiger charge is 2.16. The summed E-state index contributed by atoms with van der Waals surface area (Å²) in [5.41, 5.74) is 0. The van der Waals surface area contributed by atoms with Crippen LogP contribution in [0.2, 0.25) is 19.1 Å². The first-order chi connectivity index (χ1) is 4.12. The van der Waals surface area contributed by atoms with Crippen LogP contribution in [0.5, 0.6) is 0 Å². The van der Waals surface area contributed by atoms with Crippen molar-refractivity contribution in [2.45, 2.75) is 25.6 Å². The minimum atomic E-state index is -0.883. The van der Waals surface area contributed by atoms with Gasteiger partial charge in [-0.15, -0.1) is 0 Å². The van der Waals surface area contributed by atoms with Crippen LogP contribution in [0.4, 0.5) is 0 Å². The lowest BCUT2D eigenvalue weighted by atomic mass is 10.6. The lowest BCUT2D eigenvalue weighted by Crippen LogP contribution is -2.27. The Morgan fingerprint density at radius 1 is 1.22 bits per heavy atom. The zero-order valence-electron chi connectivity index (χ0n) is 6.22. The molecule has 0 saturated carbocycles. The summed E-state index contributed by atoms with van der Waals surface area (Å²) in [6.45, 7) is 4.76. The van der Waals surface area contributed by atoms with E-state index in [1.165, 1.54) is 12.5 Å². The molecule has 0 radical (unpaired) electrons. The largest absolute Gasteiger partial charge is 0.182 e. The van der Waals surface area contributed by atoms with Gasteiger partial charge in [0.15, 0.2) is 0 Å². The second kappa shape index (κ2) is 4.69. The van der Waals surface area contributed by atoms with E-state index in [-0.39, 0.29) is 0 Å². The number of hydrogen-bond donors (Lipinski definition) is 2. The van der Waals surface area contributed by atoms with Crippen molar-refractivity contribution in [2.24, 2.45) is 0 Å². The highest BCUT2D eigenvalue weighted by atomic mass is 32.1. The van der Waals surface area contributed by atoms with Crippen LogP contribution in [0.1, 0.15) is 6.42 Å². The molecule has 0 aliphatic rings. The van der Waals surface area contributed by atoms with Crippen LogP contribution in [-0.2, 0) is 0 Å². The zero-order valence-corrected chi connectivity index (χ0v) is 9.01. The molecule has 0 atom stereocenters. The van der Waals surface area contributed by atoms with Gasteiger partial charge in [-0.3, -0.25) is 0 Å². The fraction of sp³-hybridized carbons (Fsp3) is 1.00. The summed E-state index contributed by atoms with van der Waals surface area (Å²) in [6, 6.07) is 1.38. The Morgan fingerprint density at radius 3 is 2.11 bits per heavy atom. The van der Waals surface area contributed by atoms with Gasteiger partial charge in [0.1, 0.15) is 0 Å². The van der Waals surface area contributed by atoms with E-state index in [1.54, 1.807) is 0 Å². The molecule has 0 aromatic rings. The average Bonchev–Trinajstić information content (AvgIpc) is 1.84. The third kappa shape index (κ3) is 5.37. The van der Waals surface area contributed by atoms with Crippen LogP contribution in [0, 0.1) is 0 Å². The molecule has 0 aromatic carbocycles. The minimum Gasteiger partial charge on any atom is -0.182 e. The summed E-state index contributed by atoms with van der Waals surface area (Å²) in [7, 11) is -0.883. The Labute approximate surface area is 70.3 Å². The molecule has 3 heteroatoms. The van der Waals surface area contributed by atoms with E-state index in [0.29, 0.717) is 0 Å². The van der Waals surface area contributed by atoms with Crippen molar-refractivity contribution in [1.82, 2.24) is 0 Å². The highest BCUT2D eigenvalue weighted by molar-refractivity contribution is 7.82. The third-order valence-corrected chi connectivity index (χ3v) is 6.89. The zero-order chi connectivity index (χ0) is 7.33. The maximum Gasteiger partial charge on any atom is 0.0575 e. The Morgan fingerprint density at radius 2 is 1.78 bits per heavy atom. The SMILES string of the molecule is C[Si](C)(CS)CCCS. The van der Waals surface area contributed by atoms with E-state index >= 15 is 0 Å². The molecule has 0 amide bonds. The van der Waals surface area contributed by atoms with Gasteiger partial charge in [-0.25, -0.2) is 0 Å². The Hall–Kier alpha value is 0.917. The molecule has 0 saturated heterocycles. The molecule has 0 aliphatic heterocycles. The summed E-state index contributed by atoms with van der Waals surface area (Å²) >= 11 is 8.48. The van der Waals surface area contributed by atoms with Crippen LogP contribution in [-0.4, -0.2) is 19.2 Å². The topological polar surface area (TPSA) is 0 Å². The summed E-state index contributed by atoms with van der Waals surface area (Å²) < 4.78 is 0. The predicted octanol–water partition coefficient (Wildman–Crippen LogP) is 2.48. The van der Waals surface area contributed by atoms with Gasteiger partial charge in [-0.05, 0) is 17.5 Å². The molecule has 0 aromatic heterocycles. The van der Waals surface area contributed by atoms with E-state index < -0.39 is 8.07 Å². The molecule has 0 rings (SSSR count). The Bertz CT molecular complexity index is 73.5. The van der Waals surface area contributed by atoms with Crippen molar-refractivity contribution in [1.29, 1.82) is 0 Å². The molecule has 0 aliphatic carbocycles. The number of thiol groups is 2. The summed E-state index contributed by atoms with van der Waals surface area (Å²) in [4.78, 5) is 0. The monoisotopic (exact) mass is 180 g/mol. The second-order valence-corrected chi connectivity index (χ2v) is 9.69. The van der Waals surface area contributed by atoms with Gasteiger partial charge in [0.25, 0.3) is 0 Å². The van der Waals surface area contributed by atoms with Crippen molar-refractivity contribution in [3.8, 4) is 0 Å². The van der Waals surface area contributed by atoms with Crippen molar-refractivity contribution < 1.29 is 0 Å². The molecule has 0 nitrogen and oxygen atoms in total. The van der Waals surface area contributed by atoms with Crippen molar-refractivity contribution in [3.05, 3.63) is 0 Å². The quantitative estimate of drug-likeness (QED) is 0.482. The van der Waals surface area contributed by atoms with Gasteiger partial charge in [0, 0.05) is 0 Å². The van der Waals surface area contributed by atoms with Gasteiger partial charge in [0.2, 0.25) is 0 Å². The van der Waals surface area contributed by atoms with Crippen molar-refractivity contribution in [2.75, 3.05) is 11.1 Å². The molecule has 0 fully saturated rings. The number of hydrogen-bond acceptors (Lipinski definition) is 2. The van der Waals surface area contributed by atoms with E-state index in [1.807, 2.05) is 0 Å². The summed E-state index contributed by atoms with van der Waals surface area (Å²) in [5.74, 6) is 1.03. The average molecular weight is 180 g/mol. The lowest BCUT2D eigenvalue weighted by Gasteiger charge is -2.17. The van der Waals surface area contributed by atoms with E-state index in [4.69, 9.17) is 0 Å². The van der Waals surface area contributed by atoms with Gasteiger partial charge in [-0.1, -0.05) is 19.1 Å². The van der Waals surface area contributed by atoms with Crippen LogP contribution >= 0.6 is 25.3 Å². The fourth-order valence-corrected chi connectivity index (χ4v) is 2.86.